The predicted molar refractivity (Wildman–Crippen MR) is 118 cm³/mol. The number of nitrogens with zero attached hydrogens (tertiary/aromatic N) is 2. The molecular weight excluding hydrogens is 422 g/mol. The van der Waals surface area contributed by atoms with Gasteiger partial charge >= 0.3 is 0 Å². The van der Waals surface area contributed by atoms with Gasteiger partial charge in [0.25, 0.3) is 0 Å². The SMILES string of the molecule is O=C(c1ccncc1)c1cc(Cl)ccc1NS(=O)c1ccc(C2=CN=COC2)cc1. The van der Waals surface area contributed by atoms with Crippen molar-refractivity contribution in [3.8, 4) is 0 Å². The normalized spacial score (nSPS) is 13.8. The number of ketones is 1. The Morgan fingerprint density at radius 1 is 1.07 bits per heavy atom. The summed E-state index contributed by atoms with van der Waals surface area (Å²) in [7, 11) is -1.58. The number of nitrogens with one attached hydrogen (secondary N) is 1. The minimum absolute atomic E-state index is 0.237. The second kappa shape index (κ2) is 9.02. The average molecular weight is 438 g/mol. The van der Waals surface area contributed by atoms with Crippen LogP contribution in [0.3, 0.4) is 0 Å². The Kier molecular flexibility index (Phi) is 6.02. The van der Waals surface area contributed by atoms with Gasteiger partial charge in [0.15, 0.2) is 12.2 Å². The molecule has 6 nitrogen and oxygen atoms in total. The van der Waals surface area contributed by atoms with Gasteiger partial charge in [0.05, 0.1) is 10.6 Å². The molecule has 8 heteroatoms. The van der Waals surface area contributed by atoms with Crippen molar-refractivity contribution in [3.63, 3.8) is 0 Å². The van der Waals surface area contributed by atoms with E-state index in [9.17, 15) is 9.00 Å². The van der Waals surface area contributed by atoms with Crippen molar-refractivity contribution < 1.29 is 13.7 Å². The molecule has 1 atom stereocenters. The highest BCUT2D eigenvalue weighted by Gasteiger charge is 2.16. The van der Waals surface area contributed by atoms with Crippen molar-refractivity contribution in [2.24, 2.45) is 4.99 Å². The van der Waals surface area contributed by atoms with Crippen LogP contribution in [-0.2, 0) is 15.7 Å². The highest BCUT2D eigenvalue weighted by Crippen LogP contribution is 2.26. The smallest absolute Gasteiger partial charge is 0.195 e. The second-order valence-corrected chi connectivity index (χ2v) is 8.02. The molecule has 2 heterocycles. The summed E-state index contributed by atoms with van der Waals surface area (Å²) in [6.07, 6.45) is 6.22. The molecule has 0 saturated heterocycles. The van der Waals surface area contributed by atoms with Gasteiger partial charge in [0, 0.05) is 40.3 Å². The van der Waals surface area contributed by atoms with Crippen LogP contribution >= 0.6 is 11.6 Å². The van der Waals surface area contributed by atoms with Crippen molar-refractivity contribution in [1.82, 2.24) is 4.98 Å². The monoisotopic (exact) mass is 437 g/mol. The Morgan fingerprint density at radius 3 is 2.53 bits per heavy atom. The molecule has 0 aliphatic carbocycles. The number of hydrogen-bond acceptors (Lipinski definition) is 5. The van der Waals surface area contributed by atoms with Crippen molar-refractivity contribution in [2.75, 3.05) is 11.3 Å². The van der Waals surface area contributed by atoms with Crippen LogP contribution in [-0.4, -0.2) is 28.0 Å². The zero-order valence-electron chi connectivity index (χ0n) is 15.6. The number of aromatic nitrogens is 1. The summed E-state index contributed by atoms with van der Waals surface area (Å²) in [6.45, 7) is 0.440. The lowest BCUT2D eigenvalue weighted by molar-refractivity contribution is 0.103. The molecule has 0 saturated carbocycles. The molecule has 1 aliphatic rings. The van der Waals surface area contributed by atoms with Gasteiger partial charge in [-0.25, -0.2) is 9.20 Å². The van der Waals surface area contributed by atoms with Gasteiger partial charge < -0.3 is 9.46 Å². The van der Waals surface area contributed by atoms with Crippen LogP contribution in [0.2, 0.25) is 5.02 Å². The van der Waals surface area contributed by atoms with E-state index in [2.05, 4.69) is 14.7 Å². The van der Waals surface area contributed by atoms with Gasteiger partial charge in [-0.1, -0.05) is 23.7 Å². The van der Waals surface area contributed by atoms with Crippen LogP contribution in [0.25, 0.3) is 5.57 Å². The van der Waals surface area contributed by atoms with E-state index >= 15 is 0 Å². The number of aliphatic imine (C=N–C) groups is 1. The molecule has 2 aromatic carbocycles. The molecule has 0 bridgehead atoms. The molecule has 150 valence electrons. The molecule has 0 radical (unpaired) electrons. The summed E-state index contributed by atoms with van der Waals surface area (Å²) in [4.78, 5) is 21.4. The number of anilines is 1. The largest absolute Gasteiger partial charge is 0.478 e. The second-order valence-electron chi connectivity index (χ2n) is 6.37. The van der Waals surface area contributed by atoms with Gasteiger partial charge in [-0.05, 0) is 48.0 Å². The van der Waals surface area contributed by atoms with E-state index < -0.39 is 11.0 Å². The van der Waals surface area contributed by atoms with Crippen molar-refractivity contribution in [3.05, 3.63) is 94.9 Å². The van der Waals surface area contributed by atoms with Gasteiger partial charge in [0.1, 0.15) is 17.6 Å². The van der Waals surface area contributed by atoms with Crippen LogP contribution < -0.4 is 4.72 Å². The van der Waals surface area contributed by atoms with Crippen LogP contribution in [0.5, 0.6) is 0 Å². The number of halogens is 1. The molecule has 1 N–H and O–H groups in total. The topological polar surface area (TPSA) is 80.7 Å². The lowest BCUT2D eigenvalue weighted by Gasteiger charge is -2.13. The van der Waals surface area contributed by atoms with Gasteiger partial charge in [-0.3, -0.25) is 9.78 Å². The first-order valence-electron chi connectivity index (χ1n) is 8.97. The lowest BCUT2D eigenvalue weighted by atomic mass is 10.0. The highest BCUT2D eigenvalue weighted by molar-refractivity contribution is 7.86. The number of benzene rings is 2. The molecule has 1 unspecified atom stereocenters. The highest BCUT2D eigenvalue weighted by atomic mass is 35.5. The third-order valence-corrected chi connectivity index (χ3v) is 5.76. The van der Waals surface area contributed by atoms with E-state index in [-0.39, 0.29) is 5.78 Å². The fourth-order valence-electron chi connectivity index (χ4n) is 2.89. The summed E-state index contributed by atoms with van der Waals surface area (Å²) in [5.41, 5.74) is 3.11. The molecule has 0 spiro atoms. The van der Waals surface area contributed by atoms with Crippen LogP contribution in [0.15, 0.2) is 83.1 Å². The zero-order valence-corrected chi connectivity index (χ0v) is 17.2. The summed E-state index contributed by atoms with van der Waals surface area (Å²) in [6, 6.07) is 15.3. The number of carbonyl (C=O) groups excluding carboxylic acids is 1. The molecular formula is C22H16ClN3O3S. The zero-order chi connectivity index (χ0) is 20.9. The Morgan fingerprint density at radius 2 is 1.83 bits per heavy atom. The van der Waals surface area contributed by atoms with Crippen LogP contribution in [0.4, 0.5) is 5.69 Å². The molecule has 30 heavy (non-hydrogen) atoms. The molecule has 1 aromatic heterocycles. The summed E-state index contributed by atoms with van der Waals surface area (Å²) < 4.78 is 21.0. The first-order chi connectivity index (χ1) is 14.6. The van der Waals surface area contributed by atoms with E-state index in [0.29, 0.717) is 33.3 Å². The fraction of sp³-hybridized carbons (Fsp3) is 0.0455. The maximum atomic E-state index is 12.9. The average Bonchev–Trinajstić information content (AvgIpc) is 2.81. The number of pyridine rings is 1. The molecule has 0 fully saturated rings. The van der Waals surface area contributed by atoms with Gasteiger partial charge in [-0.15, -0.1) is 0 Å². The standard InChI is InChI=1S/C22H16ClN3O3S/c23-18-3-6-21(20(11-18)22(27)16-7-9-24-10-8-16)26-30(28)19-4-1-15(2-5-19)17-12-25-14-29-13-17/h1-12,14,26H,13H2. The van der Waals surface area contributed by atoms with Gasteiger partial charge in [-0.2, -0.15) is 0 Å². The van der Waals surface area contributed by atoms with Crippen molar-refractivity contribution >= 4 is 46.0 Å². The Bertz CT molecular complexity index is 1160. The fourth-order valence-corrected chi connectivity index (χ4v) is 3.94. The summed E-state index contributed by atoms with van der Waals surface area (Å²) in [5, 5.41) is 0.415. The first kappa shape index (κ1) is 20.0. The van der Waals surface area contributed by atoms with Crippen LogP contribution in [0.1, 0.15) is 21.5 Å². The molecule has 4 rings (SSSR count). The maximum Gasteiger partial charge on any atom is 0.195 e. The van der Waals surface area contributed by atoms with Crippen molar-refractivity contribution in [2.45, 2.75) is 4.90 Å². The van der Waals surface area contributed by atoms with Gasteiger partial charge in [0.2, 0.25) is 0 Å². The Labute approximate surface area is 180 Å². The van der Waals surface area contributed by atoms with Crippen molar-refractivity contribution in [1.29, 1.82) is 0 Å². The minimum atomic E-state index is -1.58. The maximum absolute atomic E-state index is 12.9. The number of hydrogen-bond donors (Lipinski definition) is 1. The van der Waals surface area contributed by atoms with E-state index in [4.69, 9.17) is 16.3 Å². The van der Waals surface area contributed by atoms with E-state index in [0.717, 1.165) is 11.1 Å². The number of ether oxygens (including phenoxy) is 1. The summed E-state index contributed by atoms with van der Waals surface area (Å²) >= 11 is 6.10. The third kappa shape index (κ3) is 4.48. The van der Waals surface area contributed by atoms with E-state index in [1.54, 1.807) is 61.1 Å². The molecule has 1 aliphatic heterocycles. The Hall–Kier alpha value is -3.29. The quantitative estimate of drug-likeness (QED) is 0.576. The third-order valence-electron chi connectivity index (χ3n) is 4.42. The summed E-state index contributed by atoms with van der Waals surface area (Å²) in [5.74, 6) is -0.237. The lowest BCUT2D eigenvalue weighted by Crippen LogP contribution is -2.11. The van der Waals surface area contributed by atoms with Crippen LogP contribution in [0, 0.1) is 0 Å². The van der Waals surface area contributed by atoms with E-state index in [1.807, 2.05) is 12.1 Å². The number of rotatable bonds is 6. The van der Waals surface area contributed by atoms with E-state index in [1.165, 1.54) is 6.40 Å². The molecule has 3 aromatic rings. The first-order valence-corrected chi connectivity index (χ1v) is 10.5. The number of carbonyl (C=O) groups is 1. The molecule has 0 amide bonds. The predicted octanol–water partition coefficient (Wildman–Crippen LogP) is 4.50. The Balaban J connectivity index is 1.57. The minimum Gasteiger partial charge on any atom is -0.478 e.